The fourth-order valence-corrected chi connectivity index (χ4v) is 2.83. The lowest BCUT2D eigenvalue weighted by Gasteiger charge is -2.34. The molecule has 2 rings (SSSR count). The van der Waals surface area contributed by atoms with E-state index in [1.165, 1.54) is 0 Å². The van der Waals surface area contributed by atoms with E-state index >= 15 is 0 Å². The van der Waals surface area contributed by atoms with Crippen LogP contribution in [0.3, 0.4) is 0 Å². The third-order valence-corrected chi connectivity index (χ3v) is 3.69. The number of ether oxygens (including phenoxy) is 1. The van der Waals surface area contributed by atoms with Crippen LogP contribution >= 0.6 is 0 Å². The summed E-state index contributed by atoms with van der Waals surface area (Å²) in [7, 11) is 0. The minimum Gasteiger partial charge on any atom is -0.377 e. The van der Waals surface area contributed by atoms with Gasteiger partial charge in [0.1, 0.15) is 5.82 Å². The largest absolute Gasteiger partial charge is 0.377 e. The van der Waals surface area contributed by atoms with Gasteiger partial charge in [0.2, 0.25) is 0 Å². The summed E-state index contributed by atoms with van der Waals surface area (Å²) in [6, 6.07) is 5.52. The van der Waals surface area contributed by atoms with Crippen molar-refractivity contribution in [2.75, 3.05) is 24.6 Å². The summed E-state index contributed by atoms with van der Waals surface area (Å²) in [5, 5.41) is 0. The van der Waals surface area contributed by atoms with E-state index in [0.29, 0.717) is 18.7 Å². The first-order chi connectivity index (χ1) is 9.60. The fourth-order valence-electron chi connectivity index (χ4n) is 2.83. The predicted octanol–water partition coefficient (Wildman–Crippen LogP) is 2.72. The van der Waals surface area contributed by atoms with Gasteiger partial charge in [-0.2, -0.15) is 0 Å². The maximum atomic E-state index is 14.3. The topological polar surface area (TPSA) is 38.5 Å². The third-order valence-electron chi connectivity index (χ3n) is 3.69. The quantitative estimate of drug-likeness (QED) is 0.901. The number of rotatable bonds is 5. The van der Waals surface area contributed by atoms with Gasteiger partial charge in [-0.05, 0) is 50.8 Å². The van der Waals surface area contributed by atoms with Crippen molar-refractivity contribution in [1.29, 1.82) is 0 Å². The molecule has 1 fully saturated rings. The van der Waals surface area contributed by atoms with E-state index < -0.39 is 0 Å². The monoisotopic (exact) mass is 280 g/mol. The molecule has 1 aliphatic rings. The number of anilines is 1. The molecule has 3 nitrogen and oxygen atoms in total. The molecule has 20 heavy (non-hydrogen) atoms. The molecule has 0 aromatic heterocycles. The molecule has 2 unspecified atom stereocenters. The maximum Gasteiger partial charge on any atom is 0.146 e. The second-order valence-electron chi connectivity index (χ2n) is 5.63. The minimum absolute atomic E-state index is 0.0533. The van der Waals surface area contributed by atoms with E-state index in [1.54, 1.807) is 6.07 Å². The molecule has 2 atom stereocenters. The van der Waals surface area contributed by atoms with Crippen LogP contribution in [0.5, 0.6) is 0 Å². The van der Waals surface area contributed by atoms with Crippen molar-refractivity contribution in [3.63, 3.8) is 0 Å². The molecule has 0 spiro atoms. The number of nitrogens with two attached hydrogens (primary N) is 1. The van der Waals surface area contributed by atoms with Crippen LogP contribution in [0.4, 0.5) is 10.1 Å². The zero-order valence-corrected chi connectivity index (χ0v) is 12.4. The Labute approximate surface area is 120 Å². The van der Waals surface area contributed by atoms with Crippen LogP contribution in [0.1, 0.15) is 32.3 Å². The molecule has 0 saturated carbocycles. The number of hydrogen-bond acceptors (Lipinski definition) is 3. The van der Waals surface area contributed by atoms with Crippen molar-refractivity contribution in [3.8, 4) is 0 Å². The molecule has 1 saturated heterocycles. The van der Waals surface area contributed by atoms with E-state index in [0.717, 1.165) is 31.5 Å². The minimum atomic E-state index is -0.153. The van der Waals surface area contributed by atoms with Gasteiger partial charge in [-0.1, -0.05) is 6.07 Å². The van der Waals surface area contributed by atoms with Crippen LogP contribution < -0.4 is 10.6 Å². The molecule has 1 aromatic carbocycles. The average molecular weight is 280 g/mol. The fraction of sp³-hybridized carbons (Fsp3) is 0.625. The Balaban J connectivity index is 2.08. The Kier molecular flexibility index (Phi) is 5.38. The number of hydrogen-bond donors (Lipinski definition) is 1. The van der Waals surface area contributed by atoms with Gasteiger partial charge in [-0.3, -0.25) is 0 Å². The third kappa shape index (κ3) is 3.93. The molecule has 0 amide bonds. The van der Waals surface area contributed by atoms with Gasteiger partial charge in [0.15, 0.2) is 0 Å². The number of benzene rings is 1. The van der Waals surface area contributed by atoms with Gasteiger partial charge in [0.25, 0.3) is 0 Å². The van der Waals surface area contributed by atoms with Gasteiger partial charge in [-0.15, -0.1) is 0 Å². The first kappa shape index (κ1) is 15.3. The van der Waals surface area contributed by atoms with Crippen molar-refractivity contribution in [3.05, 3.63) is 29.6 Å². The summed E-state index contributed by atoms with van der Waals surface area (Å²) in [4.78, 5) is 2.09. The Morgan fingerprint density at radius 3 is 2.95 bits per heavy atom. The van der Waals surface area contributed by atoms with E-state index in [9.17, 15) is 4.39 Å². The van der Waals surface area contributed by atoms with Crippen LogP contribution in [0, 0.1) is 5.82 Å². The summed E-state index contributed by atoms with van der Waals surface area (Å²) in [5.41, 5.74) is 7.40. The van der Waals surface area contributed by atoms with Crippen molar-refractivity contribution in [2.24, 2.45) is 5.73 Å². The predicted molar refractivity (Wildman–Crippen MR) is 80.6 cm³/mol. The second-order valence-corrected chi connectivity index (χ2v) is 5.63. The molecular weight excluding hydrogens is 255 g/mol. The normalized spacial score (nSPS) is 21.0. The van der Waals surface area contributed by atoms with Gasteiger partial charge in [0, 0.05) is 25.7 Å². The summed E-state index contributed by atoms with van der Waals surface area (Å²) >= 11 is 0. The van der Waals surface area contributed by atoms with Gasteiger partial charge >= 0.3 is 0 Å². The van der Waals surface area contributed by atoms with Crippen molar-refractivity contribution >= 4 is 5.69 Å². The molecule has 1 heterocycles. The van der Waals surface area contributed by atoms with Crippen LogP contribution in [-0.2, 0) is 11.2 Å². The molecule has 4 heteroatoms. The molecular formula is C16H25FN2O. The molecule has 1 aromatic rings. The molecule has 2 N–H and O–H groups in total. The lowest BCUT2D eigenvalue weighted by molar-refractivity contribution is 0.0525. The number of nitrogens with zero attached hydrogens (tertiary/aromatic N) is 1. The average Bonchev–Trinajstić information content (AvgIpc) is 2.39. The Morgan fingerprint density at radius 1 is 1.50 bits per heavy atom. The molecule has 0 bridgehead atoms. The van der Waals surface area contributed by atoms with Crippen LogP contribution in [0.15, 0.2) is 18.2 Å². The van der Waals surface area contributed by atoms with Crippen LogP contribution in [0.25, 0.3) is 0 Å². The highest BCUT2D eigenvalue weighted by molar-refractivity contribution is 5.49. The highest BCUT2D eigenvalue weighted by Gasteiger charge is 2.22. The Hall–Kier alpha value is -1.13. The zero-order valence-electron chi connectivity index (χ0n) is 12.4. The molecule has 0 aliphatic carbocycles. The van der Waals surface area contributed by atoms with E-state index in [-0.39, 0.29) is 18.0 Å². The summed E-state index contributed by atoms with van der Waals surface area (Å²) in [6.07, 6.45) is 3.04. The van der Waals surface area contributed by atoms with E-state index in [4.69, 9.17) is 10.5 Å². The molecule has 1 aliphatic heterocycles. The highest BCUT2D eigenvalue weighted by Crippen LogP contribution is 2.25. The van der Waals surface area contributed by atoms with Crippen molar-refractivity contribution in [2.45, 2.75) is 45.3 Å². The summed E-state index contributed by atoms with van der Waals surface area (Å²) in [6.45, 7) is 6.32. The van der Waals surface area contributed by atoms with Crippen LogP contribution in [-0.4, -0.2) is 31.8 Å². The lowest BCUT2D eigenvalue weighted by atomic mass is 10.0. The first-order valence-corrected chi connectivity index (χ1v) is 7.50. The van der Waals surface area contributed by atoms with Gasteiger partial charge < -0.3 is 15.4 Å². The maximum absolute atomic E-state index is 14.3. The van der Waals surface area contributed by atoms with Crippen molar-refractivity contribution in [1.82, 2.24) is 0 Å². The van der Waals surface area contributed by atoms with Gasteiger partial charge in [0.05, 0.1) is 11.8 Å². The molecule has 0 radical (unpaired) electrons. The first-order valence-electron chi connectivity index (χ1n) is 7.50. The summed E-state index contributed by atoms with van der Waals surface area (Å²) in [5.74, 6) is -0.153. The smallest absolute Gasteiger partial charge is 0.146 e. The van der Waals surface area contributed by atoms with Crippen LogP contribution in [0.2, 0.25) is 0 Å². The lowest BCUT2D eigenvalue weighted by Crippen LogP contribution is -2.40. The second kappa shape index (κ2) is 7.04. The Bertz CT molecular complexity index is 434. The van der Waals surface area contributed by atoms with Gasteiger partial charge in [-0.25, -0.2) is 4.39 Å². The zero-order chi connectivity index (χ0) is 14.5. The number of halogens is 1. The number of piperidine rings is 1. The Morgan fingerprint density at radius 2 is 2.30 bits per heavy atom. The SMILES string of the molecule is CCOC1CCCN(c2ccc(CC(C)N)cc2F)C1. The summed E-state index contributed by atoms with van der Waals surface area (Å²) < 4.78 is 19.9. The van der Waals surface area contributed by atoms with E-state index in [1.807, 2.05) is 26.0 Å². The van der Waals surface area contributed by atoms with Crippen molar-refractivity contribution < 1.29 is 9.13 Å². The van der Waals surface area contributed by atoms with E-state index in [2.05, 4.69) is 4.90 Å². The highest BCUT2D eigenvalue weighted by atomic mass is 19.1. The molecule has 112 valence electrons. The standard InChI is InChI=1S/C16H25FN2O/c1-3-20-14-5-4-8-19(11-14)16-7-6-13(9-12(2)18)10-15(16)17/h6-7,10,12,14H,3-5,8-9,11,18H2,1-2H3.